The molecule has 1 aromatic carbocycles. The normalized spacial score (nSPS) is 27.2. The summed E-state index contributed by atoms with van der Waals surface area (Å²) in [6.45, 7) is 4.84. The van der Waals surface area contributed by atoms with Crippen LogP contribution in [0.4, 0.5) is 5.69 Å². The molecule has 0 aromatic heterocycles. The van der Waals surface area contributed by atoms with Gasteiger partial charge in [0, 0.05) is 16.8 Å². The zero-order chi connectivity index (χ0) is 13.3. The van der Waals surface area contributed by atoms with E-state index in [2.05, 4.69) is 28.2 Å². The third kappa shape index (κ3) is 2.67. The summed E-state index contributed by atoms with van der Waals surface area (Å²) in [6.07, 6.45) is 1.01. The number of hydrogen-bond acceptors (Lipinski definition) is 3. The monoisotopic (exact) mass is 313 g/mol. The fraction of sp³-hybridized carbons (Fsp3) is 0.462. The van der Waals surface area contributed by atoms with Crippen molar-refractivity contribution in [2.24, 2.45) is 0 Å². The van der Waals surface area contributed by atoms with Gasteiger partial charge in [-0.2, -0.15) is 0 Å². The zero-order valence-corrected chi connectivity index (χ0v) is 12.0. The summed E-state index contributed by atoms with van der Waals surface area (Å²) >= 11 is 3.33. The summed E-state index contributed by atoms with van der Waals surface area (Å²) in [5, 5.41) is 12.4. The molecule has 1 fully saturated rings. The number of hydrogen-bond donors (Lipinski definition) is 2. The Morgan fingerprint density at radius 3 is 2.83 bits per heavy atom. The molecule has 2 atom stereocenters. The average molecular weight is 314 g/mol. The first-order chi connectivity index (χ1) is 8.40. The predicted molar refractivity (Wildman–Crippen MR) is 73.2 cm³/mol. The number of halogens is 1. The summed E-state index contributed by atoms with van der Waals surface area (Å²) in [6, 6.07) is 5.11. The number of carboxylic acids is 1. The number of nitrogens with one attached hydrogen (secondary N) is 1. The lowest BCUT2D eigenvalue weighted by Crippen LogP contribution is -2.41. The van der Waals surface area contributed by atoms with Crippen LogP contribution in [0, 0.1) is 0 Å². The molecule has 5 heteroatoms. The van der Waals surface area contributed by atoms with Gasteiger partial charge in [-0.25, -0.2) is 4.79 Å². The molecule has 1 aliphatic rings. The Morgan fingerprint density at radius 2 is 2.28 bits per heavy atom. The van der Waals surface area contributed by atoms with E-state index in [0.717, 1.165) is 23.2 Å². The first kappa shape index (κ1) is 13.4. The van der Waals surface area contributed by atoms with Crippen LogP contribution in [0.3, 0.4) is 0 Å². The molecule has 0 saturated carbocycles. The fourth-order valence-corrected chi connectivity index (χ4v) is 2.61. The number of carboxylic acid groups (broad SMARTS) is 1. The maximum absolute atomic E-state index is 11.0. The molecule has 2 unspecified atom stereocenters. The standard InChI is InChI=1S/C13H16BrNO3/c1-8-13(2,3-4-18-8)15-11-6-9(12(16)17)5-10(14)7-11/h5-8,15H,3-4H2,1-2H3,(H,16,17). The molecular weight excluding hydrogens is 298 g/mol. The topological polar surface area (TPSA) is 58.6 Å². The number of carbonyl (C=O) groups is 1. The Balaban J connectivity index is 2.26. The van der Waals surface area contributed by atoms with Crippen LogP contribution in [0.15, 0.2) is 22.7 Å². The average Bonchev–Trinajstić information content (AvgIpc) is 2.58. The lowest BCUT2D eigenvalue weighted by atomic mass is 9.94. The van der Waals surface area contributed by atoms with E-state index in [9.17, 15) is 4.79 Å². The van der Waals surface area contributed by atoms with Gasteiger partial charge >= 0.3 is 5.97 Å². The van der Waals surface area contributed by atoms with Gasteiger partial charge in [0.05, 0.1) is 17.2 Å². The van der Waals surface area contributed by atoms with E-state index in [1.54, 1.807) is 12.1 Å². The van der Waals surface area contributed by atoms with Gasteiger partial charge in [0.1, 0.15) is 0 Å². The quantitative estimate of drug-likeness (QED) is 0.900. The van der Waals surface area contributed by atoms with Crippen molar-refractivity contribution < 1.29 is 14.6 Å². The predicted octanol–water partition coefficient (Wildman–Crippen LogP) is 3.13. The minimum absolute atomic E-state index is 0.102. The van der Waals surface area contributed by atoms with Crippen LogP contribution in [0.2, 0.25) is 0 Å². The van der Waals surface area contributed by atoms with Crippen LogP contribution < -0.4 is 5.32 Å². The molecule has 0 aliphatic carbocycles. The molecule has 0 radical (unpaired) electrons. The number of rotatable bonds is 3. The second kappa shape index (κ2) is 4.90. The SMILES string of the molecule is CC1OCCC1(C)Nc1cc(Br)cc(C(=O)O)c1. The minimum Gasteiger partial charge on any atom is -0.478 e. The molecule has 0 amide bonds. The molecule has 1 aliphatic heterocycles. The molecule has 0 bridgehead atoms. The summed E-state index contributed by atoms with van der Waals surface area (Å²) < 4.78 is 6.31. The minimum atomic E-state index is -0.930. The van der Waals surface area contributed by atoms with E-state index in [-0.39, 0.29) is 17.2 Å². The highest BCUT2D eigenvalue weighted by molar-refractivity contribution is 9.10. The number of aromatic carboxylic acids is 1. The maximum Gasteiger partial charge on any atom is 0.335 e. The second-order valence-electron chi connectivity index (χ2n) is 4.84. The summed E-state index contributed by atoms with van der Waals surface area (Å²) in [5.74, 6) is -0.930. The van der Waals surface area contributed by atoms with Crippen molar-refractivity contribution in [3.8, 4) is 0 Å². The smallest absolute Gasteiger partial charge is 0.335 e. The molecule has 2 rings (SSSR count). The van der Waals surface area contributed by atoms with E-state index in [4.69, 9.17) is 9.84 Å². The Bertz CT molecular complexity index is 477. The van der Waals surface area contributed by atoms with Gasteiger partial charge in [0.15, 0.2) is 0 Å². The summed E-state index contributed by atoms with van der Waals surface area (Å²) in [7, 11) is 0. The van der Waals surface area contributed by atoms with Crippen molar-refractivity contribution in [1.82, 2.24) is 0 Å². The van der Waals surface area contributed by atoms with Crippen LogP contribution >= 0.6 is 15.9 Å². The lowest BCUT2D eigenvalue weighted by Gasteiger charge is -2.30. The van der Waals surface area contributed by atoms with E-state index < -0.39 is 5.97 Å². The number of ether oxygens (including phenoxy) is 1. The van der Waals surface area contributed by atoms with Crippen molar-refractivity contribution >= 4 is 27.6 Å². The van der Waals surface area contributed by atoms with E-state index in [1.165, 1.54) is 0 Å². The van der Waals surface area contributed by atoms with Gasteiger partial charge in [0.2, 0.25) is 0 Å². The first-order valence-electron chi connectivity index (χ1n) is 5.84. The van der Waals surface area contributed by atoms with Gasteiger partial charge in [0.25, 0.3) is 0 Å². The zero-order valence-electron chi connectivity index (χ0n) is 10.4. The van der Waals surface area contributed by atoms with Crippen LogP contribution in [0.25, 0.3) is 0 Å². The Labute approximate surface area is 114 Å². The Kier molecular flexibility index (Phi) is 3.64. The lowest BCUT2D eigenvalue weighted by molar-refractivity contribution is 0.0697. The Hall–Kier alpha value is -1.07. The molecule has 0 spiro atoms. The van der Waals surface area contributed by atoms with Crippen molar-refractivity contribution in [3.05, 3.63) is 28.2 Å². The summed E-state index contributed by atoms with van der Waals surface area (Å²) in [5.41, 5.74) is 0.903. The molecule has 1 aromatic rings. The second-order valence-corrected chi connectivity index (χ2v) is 5.75. The first-order valence-corrected chi connectivity index (χ1v) is 6.64. The van der Waals surface area contributed by atoms with Crippen molar-refractivity contribution in [2.45, 2.75) is 31.9 Å². The third-order valence-corrected chi connectivity index (χ3v) is 3.92. The molecule has 1 saturated heterocycles. The van der Waals surface area contributed by atoms with Crippen molar-refractivity contribution in [3.63, 3.8) is 0 Å². The highest BCUT2D eigenvalue weighted by Crippen LogP contribution is 2.31. The molecule has 18 heavy (non-hydrogen) atoms. The van der Waals surface area contributed by atoms with E-state index in [1.807, 2.05) is 13.0 Å². The molecule has 1 heterocycles. The number of benzene rings is 1. The van der Waals surface area contributed by atoms with Gasteiger partial charge in [-0.15, -0.1) is 0 Å². The third-order valence-electron chi connectivity index (χ3n) is 3.46. The van der Waals surface area contributed by atoms with Crippen LogP contribution in [0.5, 0.6) is 0 Å². The van der Waals surface area contributed by atoms with Crippen molar-refractivity contribution in [1.29, 1.82) is 0 Å². The van der Waals surface area contributed by atoms with Gasteiger partial charge in [-0.3, -0.25) is 0 Å². The van der Waals surface area contributed by atoms with Crippen LogP contribution in [-0.4, -0.2) is 29.3 Å². The van der Waals surface area contributed by atoms with E-state index in [0.29, 0.717) is 0 Å². The van der Waals surface area contributed by atoms with Gasteiger partial charge < -0.3 is 15.2 Å². The van der Waals surface area contributed by atoms with Gasteiger partial charge in [-0.05, 0) is 38.5 Å². The molecular formula is C13H16BrNO3. The van der Waals surface area contributed by atoms with Crippen LogP contribution in [-0.2, 0) is 4.74 Å². The molecule has 98 valence electrons. The summed E-state index contributed by atoms with van der Waals surface area (Å²) in [4.78, 5) is 11.0. The van der Waals surface area contributed by atoms with Gasteiger partial charge in [-0.1, -0.05) is 15.9 Å². The largest absolute Gasteiger partial charge is 0.478 e. The fourth-order valence-electron chi connectivity index (χ4n) is 2.11. The number of anilines is 1. The molecule has 2 N–H and O–H groups in total. The maximum atomic E-state index is 11.0. The highest BCUT2D eigenvalue weighted by Gasteiger charge is 2.36. The molecule has 4 nitrogen and oxygen atoms in total. The van der Waals surface area contributed by atoms with Crippen molar-refractivity contribution in [2.75, 3.05) is 11.9 Å². The Morgan fingerprint density at radius 1 is 1.56 bits per heavy atom. The van der Waals surface area contributed by atoms with Crippen LogP contribution in [0.1, 0.15) is 30.6 Å². The highest BCUT2D eigenvalue weighted by atomic mass is 79.9. The van der Waals surface area contributed by atoms with E-state index >= 15 is 0 Å².